The van der Waals surface area contributed by atoms with Gasteiger partial charge in [0.25, 0.3) is 5.91 Å². The van der Waals surface area contributed by atoms with Crippen LogP contribution in [-0.4, -0.2) is 29.8 Å². The number of nitriles is 1. The first-order chi connectivity index (χ1) is 16.0. The van der Waals surface area contributed by atoms with Gasteiger partial charge in [0, 0.05) is 23.2 Å². The third-order valence-electron chi connectivity index (χ3n) is 5.88. The molecular formula is C27H24BrN3O2. The molecule has 4 rings (SSSR count). The van der Waals surface area contributed by atoms with Crippen molar-refractivity contribution in [1.82, 2.24) is 4.90 Å². The number of amides is 2. The van der Waals surface area contributed by atoms with E-state index >= 15 is 0 Å². The zero-order valence-corrected chi connectivity index (χ0v) is 19.7. The maximum atomic E-state index is 13.4. The van der Waals surface area contributed by atoms with Crippen molar-refractivity contribution in [3.8, 4) is 6.07 Å². The molecule has 3 aromatic carbocycles. The van der Waals surface area contributed by atoms with Crippen molar-refractivity contribution in [2.45, 2.75) is 25.2 Å². The van der Waals surface area contributed by atoms with Crippen molar-refractivity contribution in [3.63, 3.8) is 0 Å². The smallest absolute Gasteiger partial charge is 0.254 e. The Bertz CT molecular complexity index is 1200. The highest BCUT2D eigenvalue weighted by atomic mass is 79.9. The van der Waals surface area contributed by atoms with E-state index in [0.717, 1.165) is 37.1 Å². The molecule has 1 N–H and O–H groups in total. The van der Waals surface area contributed by atoms with Crippen molar-refractivity contribution < 1.29 is 9.59 Å². The molecule has 1 fully saturated rings. The molecule has 1 unspecified atom stereocenters. The minimum Gasteiger partial charge on any atom is -0.339 e. The number of carbonyl (C=O) groups is 2. The first-order valence-electron chi connectivity index (χ1n) is 11.0. The average Bonchev–Trinajstić information content (AvgIpc) is 3.38. The summed E-state index contributed by atoms with van der Waals surface area (Å²) in [7, 11) is 0. The van der Waals surface area contributed by atoms with Gasteiger partial charge in [-0.15, -0.1) is 0 Å². The lowest BCUT2D eigenvalue weighted by atomic mass is 9.90. The van der Waals surface area contributed by atoms with Crippen LogP contribution in [0.15, 0.2) is 77.3 Å². The van der Waals surface area contributed by atoms with Crippen molar-refractivity contribution in [3.05, 3.63) is 99.5 Å². The molecule has 1 aliphatic rings. The molecule has 1 heterocycles. The number of benzene rings is 3. The van der Waals surface area contributed by atoms with Crippen molar-refractivity contribution in [2.75, 3.05) is 18.4 Å². The van der Waals surface area contributed by atoms with Gasteiger partial charge in [-0.2, -0.15) is 5.26 Å². The van der Waals surface area contributed by atoms with Crippen molar-refractivity contribution in [2.24, 2.45) is 0 Å². The summed E-state index contributed by atoms with van der Waals surface area (Å²) >= 11 is 3.50. The lowest BCUT2D eigenvalue weighted by molar-refractivity contribution is -0.117. The van der Waals surface area contributed by atoms with E-state index in [1.165, 1.54) is 0 Å². The fourth-order valence-corrected chi connectivity index (χ4v) is 4.67. The number of likely N-dealkylation sites (tertiary alicyclic amines) is 1. The summed E-state index contributed by atoms with van der Waals surface area (Å²) in [6.07, 6.45) is 2.58. The summed E-state index contributed by atoms with van der Waals surface area (Å²) in [5.74, 6) is -0.627. The Morgan fingerprint density at radius 3 is 2.45 bits per heavy atom. The first kappa shape index (κ1) is 22.8. The normalized spacial score (nSPS) is 13.9. The topological polar surface area (TPSA) is 73.2 Å². The van der Waals surface area contributed by atoms with Gasteiger partial charge in [0.2, 0.25) is 5.91 Å². The highest BCUT2D eigenvalue weighted by Crippen LogP contribution is 2.27. The van der Waals surface area contributed by atoms with E-state index in [2.05, 4.69) is 27.3 Å². The Morgan fingerprint density at radius 2 is 1.76 bits per heavy atom. The molecule has 5 nitrogen and oxygen atoms in total. The zero-order chi connectivity index (χ0) is 23.2. The maximum absolute atomic E-state index is 13.4. The van der Waals surface area contributed by atoms with Crippen LogP contribution in [-0.2, 0) is 11.2 Å². The van der Waals surface area contributed by atoms with Crippen LogP contribution >= 0.6 is 15.9 Å². The van der Waals surface area contributed by atoms with E-state index < -0.39 is 5.92 Å². The lowest BCUT2D eigenvalue weighted by Gasteiger charge is -2.19. The highest BCUT2D eigenvalue weighted by molar-refractivity contribution is 9.10. The quantitative estimate of drug-likeness (QED) is 0.483. The van der Waals surface area contributed by atoms with Gasteiger partial charge in [0.1, 0.15) is 0 Å². The lowest BCUT2D eigenvalue weighted by Crippen LogP contribution is -2.28. The summed E-state index contributed by atoms with van der Waals surface area (Å²) < 4.78 is 0.656. The Balaban J connectivity index is 1.56. The van der Waals surface area contributed by atoms with Crippen molar-refractivity contribution in [1.29, 1.82) is 5.26 Å². The molecule has 0 aliphatic carbocycles. The summed E-state index contributed by atoms with van der Waals surface area (Å²) in [6.45, 7) is 1.57. The van der Waals surface area contributed by atoms with Crippen LogP contribution in [0.3, 0.4) is 0 Å². The average molecular weight is 502 g/mol. The molecular weight excluding hydrogens is 478 g/mol. The minimum absolute atomic E-state index is 0.00697. The van der Waals surface area contributed by atoms with Gasteiger partial charge in [-0.3, -0.25) is 9.59 Å². The third-order valence-corrected chi connectivity index (χ3v) is 6.53. The highest BCUT2D eigenvalue weighted by Gasteiger charge is 2.24. The first-order valence-corrected chi connectivity index (χ1v) is 11.8. The van der Waals surface area contributed by atoms with Crippen LogP contribution in [0.1, 0.15) is 45.8 Å². The number of nitrogens with one attached hydrogen (secondary N) is 1. The number of hydrogen-bond donors (Lipinski definition) is 1. The predicted octanol–water partition coefficient (Wildman–Crippen LogP) is 5.52. The molecule has 1 atom stereocenters. The fourth-order valence-electron chi connectivity index (χ4n) is 4.12. The number of anilines is 1. The largest absolute Gasteiger partial charge is 0.339 e. The second-order valence-electron chi connectivity index (χ2n) is 8.16. The SMILES string of the molecule is N#Cc1cccc(C(Cc2ccccc2)C(=O)Nc2ccc(C(=O)N3CCCC3)c(Br)c2)c1. The van der Waals surface area contributed by atoms with Gasteiger partial charge < -0.3 is 10.2 Å². The molecule has 0 spiro atoms. The number of nitrogens with zero attached hydrogens (tertiary/aromatic N) is 2. The Kier molecular flexibility index (Phi) is 7.21. The van der Waals surface area contributed by atoms with Gasteiger partial charge in [-0.25, -0.2) is 0 Å². The molecule has 6 heteroatoms. The molecule has 166 valence electrons. The predicted molar refractivity (Wildman–Crippen MR) is 132 cm³/mol. The summed E-state index contributed by atoms with van der Waals surface area (Å²) in [6, 6.07) is 24.4. The minimum atomic E-state index is -0.467. The van der Waals surface area contributed by atoms with Crippen LogP contribution < -0.4 is 5.32 Å². The fraction of sp³-hybridized carbons (Fsp3) is 0.222. The molecule has 1 aliphatic heterocycles. The van der Waals surface area contributed by atoms with Gasteiger partial charge in [-0.1, -0.05) is 42.5 Å². The van der Waals surface area contributed by atoms with E-state index in [0.29, 0.717) is 27.7 Å². The van der Waals surface area contributed by atoms with Crippen LogP contribution in [0.5, 0.6) is 0 Å². The molecule has 2 amide bonds. The molecule has 0 aromatic heterocycles. The van der Waals surface area contributed by atoms with Crippen LogP contribution in [0.2, 0.25) is 0 Å². The monoisotopic (exact) mass is 501 g/mol. The van der Waals surface area contributed by atoms with Crippen molar-refractivity contribution >= 4 is 33.4 Å². The summed E-state index contributed by atoms with van der Waals surface area (Å²) in [4.78, 5) is 28.0. The molecule has 1 saturated heterocycles. The van der Waals surface area contributed by atoms with E-state index in [4.69, 9.17) is 0 Å². The molecule has 33 heavy (non-hydrogen) atoms. The summed E-state index contributed by atoms with van der Waals surface area (Å²) in [5, 5.41) is 12.3. The van der Waals surface area contributed by atoms with E-state index in [-0.39, 0.29) is 11.8 Å². The molecule has 3 aromatic rings. The van der Waals surface area contributed by atoms with Gasteiger partial charge in [0.05, 0.1) is 23.1 Å². The number of rotatable bonds is 6. The number of halogens is 1. The van der Waals surface area contributed by atoms with Crippen LogP contribution in [0, 0.1) is 11.3 Å². The Hall–Kier alpha value is -3.43. The molecule has 0 radical (unpaired) electrons. The summed E-state index contributed by atoms with van der Waals surface area (Å²) in [5.41, 5.74) is 3.55. The van der Waals surface area contributed by atoms with E-state index in [1.807, 2.05) is 41.3 Å². The Labute approximate surface area is 202 Å². The second kappa shape index (κ2) is 10.5. The second-order valence-corrected chi connectivity index (χ2v) is 9.02. The maximum Gasteiger partial charge on any atom is 0.254 e. The van der Waals surface area contributed by atoms with E-state index in [9.17, 15) is 14.9 Å². The van der Waals surface area contributed by atoms with Gasteiger partial charge >= 0.3 is 0 Å². The molecule has 0 saturated carbocycles. The molecule has 0 bridgehead atoms. The standard InChI is InChI=1S/C27H24BrN3O2/c28-25-17-22(11-12-23(25)27(33)31-13-4-5-14-31)30-26(32)24(16-19-7-2-1-3-8-19)21-10-6-9-20(15-21)18-29/h1-3,6-12,15,17,24H,4-5,13-14,16H2,(H,30,32). The number of hydrogen-bond acceptors (Lipinski definition) is 3. The number of carbonyl (C=O) groups excluding carboxylic acids is 2. The van der Waals surface area contributed by atoms with E-state index in [1.54, 1.807) is 36.4 Å². The zero-order valence-electron chi connectivity index (χ0n) is 18.1. The van der Waals surface area contributed by atoms with Gasteiger partial charge in [-0.05, 0) is 76.7 Å². The third kappa shape index (κ3) is 5.50. The van der Waals surface area contributed by atoms with Gasteiger partial charge in [0.15, 0.2) is 0 Å². The van der Waals surface area contributed by atoms with Crippen LogP contribution in [0.25, 0.3) is 0 Å². The Morgan fingerprint density at radius 1 is 1.00 bits per heavy atom. The van der Waals surface area contributed by atoms with Crippen LogP contribution in [0.4, 0.5) is 5.69 Å².